The number of pyridine rings is 1. The topological polar surface area (TPSA) is 12.9 Å². The Hall–Kier alpha value is -0.790. The zero-order valence-corrected chi connectivity index (χ0v) is 9.18. The molecule has 1 unspecified atom stereocenters. The monoisotopic (exact) mass is 225 g/mol. The Bertz CT molecular complexity index is 466. The summed E-state index contributed by atoms with van der Waals surface area (Å²) in [5, 5.41) is 1.55. The van der Waals surface area contributed by atoms with Crippen molar-refractivity contribution in [3.8, 4) is 0 Å². The van der Waals surface area contributed by atoms with E-state index in [4.69, 9.17) is 23.2 Å². The van der Waals surface area contributed by atoms with E-state index in [2.05, 4.69) is 4.98 Å². The van der Waals surface area contributed by atoms with E-state index in [1.807, 2.05) is 31.2 Å². The fraction of sp³-hybridized carbons (Fsp3) is 0.182. The smallest absolute Gasteiger partial charge is 0.0717 e. The second-order valence-electron chi connectivity index (χ2n) is 3.16. The quantitative estimate of drug-likeness (QED) is 0.664. The summed E-state index contributed by atoms with van der Waals surface area (Å²) < 4.78 is 0. The molecule has 0 aliphatic carbocycles. The van der Waals surface area contributed by atoms with Crippen LogP contribution in [0.5, 0.6) is 0 Å². The van der Waals surface area contributed by atoms with E-state index in [0.29, 0.717) is 5.02 Å². The van der Waals surface area contributed by atoms with Crippen LogP contribution in [0.1, 0.15) is 17.9 Å². The lowest BCUT2D eigenvalue weighted by atomic mass is 10.1. The first-order valence-electron chi connectivity index (χ1n) is 4.37. The van der Waals surface area contributed by atoms with Crippen LogP contribution in [0.3, 0.4) is 0 Å². The van der Waals surface area contributed by atoms with E-state index in [-0.39, 0.29) is 5.38 Å². The molecule has 0 bridgehead atoms. The highest BCUT2D eigenvalue weighted by Crippen LogP contribution is 2.31. The van der Waals surface area contributed by atoms with Gasteiger partial charge in [0.05, 0.1) is 15.9 Å². The van der Waals surface area contributed by atoms with Gasteiger partial charge in [0.2, 0.25) is 0 Å². The Labute approximate surface area is 92.7 Å². The number of rotatable bonds is 1. The third-order valence-electron chi connectivity index (χ3n) is 2.17. The zero-order chi connectivity index (χ0) is 10.1. The zero-order valence-electron chi connectivity index (χ0n) is 7.67. The van der Waals surface area contributed by atoms with Crippen LogP contribution in [0.15, 0.2) is 30.5 Å². The summed E-state index contributed by atoms with van der Waals surface area (Å²) in [6.07, 6.45) is 1.74. The Morgan fingerprint density at radius 1 is 1.29 bits per heavy atom. The first-order valence-corrected chi connectivity index (χ1v) is 5.19. The van der Waals surface area contributed by atoms with Crippen molar-refractivity contribution in [2.45, 2.75) is 12.3 Å². The van der Waals surface area contributed by atoms with Crippen LogP contribution in [0.2, 0.25) is 5.02 Å². The molecule has 0 spiro atoms. The molecule has 2 aromatic rings. The van der Waals surface area contributed by atoms with Crippen molar-refractivity contribution >= 4 is 34.1 Å². The van der Waals surface area contributed by atoms with Crippen LogP contribution in [-0.4, -0.2) is 4.98 Å². The third kappa shape index (κ3) is 1.58. The highest BCUT2D eigenvalue weighted by atomic mass is 35.5. The number of aromatic nitrogens is 1. The van der Waals surface area contributed by atoms with E-state index in [9.17, 15) is 0 Å². The summed E-state index contributed by atoms with van der Waals surface area (Å²) in [5.74, 6) is 0. The van der Waals surface area contributed by atoms with Crippen LogP contribution < -0.4 is 0 Å². The summed E-state index contributed by atoms with van der Waals surface area (Å²) >= 11 is 12.2. The third-order valence-corrected chi connectivity index (χ3v) is 2.82. The summed E-state index contributed by atoms with van der Waals surface area (Å²) in [5.41, 5.74) is 1.78. The van der Waals surface area contributed by atoms with Gasteiger partial charge in [-0.3, -0.25) is 4.98 Å². The number of hydrogen-bond donors (Lipinski definition) is 0. The van der Waals surface area contributed by atoms with Crippen LogP contribution in [0.25, 0.3) is 10.9 Å². The molecule has 0 amide bonds. The normalized spacial score (nSPS) is 13.1. The summed E-state index contributed by atoms with van der Waals surface area (Å²) in [7, 11) is 0. The van der Waals surface area contributed by atoms with Gasteiger partial charge in [-0.2, -0.15) is 0 Å². The Balaban J connectivity index is 2.75. The van der Waals surface area contributed by atoms with Crippen molar-refractivity contribution in [2.24, 2.45) is 0 Å². The maximum atomic E-state index is 6.21. The van der Waals surface area contributed by atoms with Gasteiger partial charge in [-0.15, -0.1) is 11.6 Å². The summed E-state index contributed by atoms with van der Waals surface area (Å²) in [6.45, 7) is 1.89. The van der Waals surface area contributed by atoms with Gasteiger partial charge in [-0.25, -0.2) is 0 Å². The number of para-hydroxylation sites is 1. The van der Waals surface area contributed by atoms with E-state index >= 15 is 0 Å². The van der Waals surface area contributed by atoms with Crippen LogP contribution in [0.4, 0.5) is 0 Å². The van der Waals surface area contributed by atoms with Crippen molar-refractivity contribution in [1.82, 2.24) is 4.98 Å². The molecule has 0 aliphatic rings. The molecule has 0 saturated heterocycles. The van der Waals surface area contributed by atoms with Crippen molar-refractivity contribution in [3.63, 3.8) is 0 Å². The predicted octanol–water partition coefficient (Wildman–Crippen LogP) is 4.19. The number of fused-ring (bicyclic) bond motifs is 1. The Kier molecular flexibility index (Phi) is 2.62. The Morgan fingerprint density at radius 3 is 2.71 bits per heavy atom. The molecular weight excluding hydrogens is 217 g/mol. The second kappa shape index (κ2) is 3.76. The molecule has 0 aliphatic heterocycles. The predicted molar refractivity (Wildman–Crippen MR) is 61.0 cm³/mol. The van der Waals surface area contributed by atoms with Gasteiger partial charge in [0.15, 0.2) is 0 Å². The van der Waals surface area contributed by atoms with Crippen molar-refractivity contribution < 1.29 is 0 Å². The molecule has 1 atom stereocenters. The lowest BCUT2D eigenvalue weighted by Crippen LogP contribution is -1.90. The van der Waals surface area contributed by atoms with Crippen LogP contribution in [0, 0.1) is 0 Å². The highest BCUT2D eigenvalue weighted by Gasteiger charge is 2.10. The Morgan fingerprint density at radius 2 is 2.00 bits per heavy atom. The first-order chi connectivity index (χ1) is 6.70. The van der Waals surface area contributed by atoms with E-state index in [1.165, 1.54) is 0 Å². The molecule has 1 heterocycles. The molecule has 0 saturated carbocycles. The first kappa shape index (κ1) is 9.75. The SMILES string of the molecule is CC(Cl)c1cnc2ccccc2c1Cl. The molecule has 1 nitrogen and oxygen atoms in total. The fourth-order valence-corrected chi connectivity index (χ4v) is 1.99. The van der Waals surface area contributed by atoms with Gasteiger partial charge in [0.25, 0.3) is 0 Å². The van der Waals surface area contributed by atoms with Crippen molar-refractivity contribution in [2.75, 3.05) is 0 Å². The van der Waals surface area contributed by atoms with Crippen LogP contribution in [-0.2, 0) is 0 Å². The van der Waals surface area contributed by atoms with Gasteiger partial charge >= 0.3 is 0 Å². The number of halogens is 2. The van der Waals surface area contributed by atoms with Crippen molar-refractivity contribution in [3.05, 3.63) is 41.0 Å². The van der Waals surface area contributed by atoms with Gasteiger partial charge in [-0.1, -0.05) is 29.8 Å². The molecule has 3 heteroatoms. The van der Waals surface area contributed by atoms with E-state index < -0.39 is 0 Å². The molecule has 14 heavy (non-hydrogen) atoms. The number of hydrogen-bond acceptors (Lipinski definition) is 1. The van der Waals surface area contributed by atoms with E-state index in [1.54, 1.807) is 6.20 Å². The molecule has 72 valence electrons. The number of benzene rings is 1. The van der Waals surface area contributed by atoms with Crippen LogP contribution >= 0.6 is 23.2 Å². The molecule has 0 radical (unpaired) electrons. The molecule has 0 N–H and O–H groups in total. The average Bonchev–Trinajstić information content (AvgIpc) is 2.18. The van der Waals surface area contributed by atoms with Gasteiger partial charge < -0.3 is 0 Å². The lowest BCUT2D eigenvalue weighted by Gasteiger charge is -2.07. The van der Waals surface area contributed by atoms with E-state index in [0.717, 1.165) is 16.5 Å². The summed E-state index contributed by atoms with van der Waals surface area (Å²) in [4.78, 5) is 4.29. The molecule has 0 fully saturated rings. The average molecular weight is 226 g/mol. The molecule has 1 aromatic heterocycles. The summed E-state index contributed by atoms with van der Waals surface area (Å²) in [6, 6.07) is 7.77. The number of nitrogens with zero attached hydrogens (tertiary/aromatic N) is 1. The second-order valence-corrected chi connectivity index (χ2v) is 4.19. The largest absolute Gasteiger partial charge is 0.256 e. The maximum absolute atomic E-state index is 6.21. The molecular formula is C11H9Cl2N. The molecule has 2 rings (SSSR count). The maximum Gasteiger partial charge on any atom is 0.0717 e. The van der Waals surface area contributed by atoms with Crippen molar-refractivity contribution in [1.29, 1.82) is 0 Å². The standard InChI is InChI=1S/C11H9Cl2N/c1-7(12)9-6-14-10-5-3-2-4-8(10)11(9)13/h2-7H,1H3. The van der Waals surface area contributed by atoms with Gasteiger partial charge in [0, 0.05) is 17.1 Å². The minimum absolute atomic E-state index is 0.111. The lowest BCUT2D eigenvalue weighted by molar-refractivity contribution is 1.07. The minimum atomic E-state index is -0.111. The molecule has 1 aromatic carbocycles. The highest BCUT2D eigenvalue weighted by molar-refractivity contribution is 6.37. The van der Waals surface area contributed by atoms with Gasteiger partial charge in [0.1, 0.15) is 0 Å². The fourth-order valence-electron chi connectivity index (χ4n) is 1.40. The minimum Gasteiger partial charge on any atom is -0.256 e. The van der Waals surface area contributed by atoms with Gasteiger partial charge in [-0.05, 0) is 13.0 Å². The number of alkyl halides is 1.